The molecule has 0 aliphatic rings. The summed E-state index contributed by atoms with van der Waals surface area (Å²) < 4.78 is 9.04. The number of fused-ring (bicyclic) bond motifs is 6. The number of furan rings is 1. The molecule has 10 rings (SSSR count). The van der Waals surface area contributed by atoms with Crippen molar-refractivity contribution < 1.29 is 9.21 Å². The third-order valence-corrected chi connectivity index (χ3v) is 10.9. The van der Waals surface area contributed by atoms with Gasteiger partial charge in [-0.05, 0) is 11.6 Å². The fraction of sp³-hybridized carbons (Fsp3) is 0. The number of hydrogen-bond donors (Lipinski definition) is 0. The molecule has 0 bridgehead atoms. The van der Waals surface area contributed by atoms with Crippen molar-refractivity contribution in [2.24, 2.45) is 0 Å². The first-order valence-corrected chi connectivity index (χ1v) is 17.9. The first-order valence-electron chi connectivity index (χ1n) is 17.1. The molecule has 0 N–H and O–H groups in total. The summed E-state index contributed by atoms with van der Waals surface area (Å²) in [6.45, 7) is 0. The Labute approximate surface area is 302 Å². The highest BCUT2D eigenvalue weighted by atomic mass is 32.1. The van der Waals surface area contributed by atoms with E-state index in [4.69, 9.17) is 19.4 Å². The Balaban J connectivity index is 1.13. The molecule has 0 saturated heterocycles. The van der Waals surface area contributed by atoms with Gasteiger partial charge in [-0.3, -0.25) is 4.79 Å². The van der Waals surface area contributed by atoms with Crippen LogP contribution in [0.25, 0.3) is 98.5 Å². The van der Waals surface area contributed by atoms with Crippen LogP contribution in [0.3, 0.4) is 0 Å². The van der Waals surface area contributed by atoms with Gasteiger partial charge in [0, 0.05) is 69.9 Å². The van der Waals surface area contributed by atoms with Crippen LogP contribution in [-0.4, -0.2) is 21.2 Å². The number of thiophene rings is 1. The zero-order chi connectivity index (χ0) is 34.6. The monoisotopic (exact) mass is 685 g/mol. The van der Waals surface area contributed by atoms with E-state index in [1.165, 1.54) is 0 Å². The highest BCUT2D eigenvalue weighted by molar-refractivity contribution is 7.26. The Hall–Kier alpha value is -6.76. The van der Waals surface area contributed by atoms with Gasteiger partial charge in [0.2, 0.25) is 0 Å². The van der Waals surface area contributed by atoms with Crippen molar-refractivity contribution in [3.05, 3.63) is 163 Å². The summed E-state index contributed by atoms with van der Waals surface area (Å²) in [7, 11) is 0. The quantitative estimate of drug-likeness (QED) is 0.163. The van der Waals surface area contributed by atoms with Crippen molar-refractivity contribution in [2.45, 2.75) is 0 Å². The van der Waals surface area contributed by atoms with Crippen molar-refractivity contribution in [1.29, 1.82) is 0 Å². The lowest BCUT2D eigenvalue weighted by Gasteiger charge is -2.10. The molecule has 0 radical (unpaired) electrons. The van der Waals surface area contributed by atoms with Crippen molar-refractivity contribution in [1.82, 2.24) is 15.0 Å². The number of hydrogen-bond acceptors (Lipinski definition) is 6. The van der Waals surface area contributed by atoms with E-state index in [-0.39, 0.29) is 0 Å². The van der Waals surface area contributed by atoms with Crippen LogP contribution < -0.4 is 0 Å². The van der Waals surface area contributed by atoms with Gasteiger partial charge in [0.05, 0.1) is 0 Å². The highest BCUT2D eigenvalue weighted by Crippen LogP contribution is 2.45. The number of rotatable bonds is 6. The average molecular weight is 686 g/mol. The van der Waals surface area contributed by atoms with Gasteiger partial charge < -0.3 is 4.42 Å². The maximum Gasteiger partial charge on any atom is 0.164 e. The minimum Gasteiger partial charge on any atom is -0.455 e. The lowest BCUT2D eigenvalue weighted by molar-refractivity contribution is 0.112. The molecule has 52 heavy (non-hydrogen) atoms. The van der Waals surface area contributed by atoms with E-state index in [2.05, 4.69) is 72.8 Å². The van der Waals surface area contributed by atoms with Crippen LogP contribution in [0.15, 0.2) is 162 Å². The van der Waals surface area contributed by atoms with Crippen LogP contribution in [0.1, 0.15) is 10.4 Å². The van der Waals surface area contributed by atoms with Crippen molar-refractivity contribution in [3.63, 3.8) is 0 Å². The summed E-state index contributed by atoms with van der Waals surface area (Å²) in [5.74, 6) is 1.85. The Bertz CT molecular complexity index is 2930. The minimum atomic E-state index is 0.600. The molecular formula is C46H27N3O2S. The van der Waals surface area contributed by atoms with E-state index in [1.54, 1.807) is 11.3 Å². The summed E-state index contributed by atoms with van der Waals surface area (Å²) in [5, 5.41) is 4.32. The van der Waals surface area contributed by atoms with Gasteiger partial charge in [0.15, 0.2) is 23.8 Å². The predicted octanol–water partition coefficient (Wildman–Crippen LogP) is 12.3. The van der Waals surface area contributed by atoms with Gasteiger partial charge in [-0.25, -0.2) is 15.0 Å². The number of aldehydes is 1. The Kier molecular flexibility index (Phi) is 7.08. The molecule has 0 spiro atoms. The summed E-state index contributed by atoms with van der Waals surface area (Å²) in [4.78, 5) is 26.7. The summed E-state index contributed by atoms with van der Waals surface area (Å²) in [6, 6.07) is 53.3. The Morgan fingerprint density at radius 3 is 1.56 bits per heavy atom. The Morgan fingerprint density at radius 2 is 0.904 bits per heavy atom. The van der Waals surface area contributed by atoms with Gasteiger partial charge in [-0.15, -0.1) is 11.3 Å². The second kappa shape index (κ2) is 12.2. The number of carbonyl (C=O) groups is 1. The number of para-hydroxylation sites is 2. The molecule has 10 aromatic rings. The van der Waals surface area contributed by atoms with Crippen LogP contribution in [0, 0.1) is 0 Å². The predicted molar refractivity (Wildman–Crippen MR) is 213 cm³/mol. The van der Waals surface area contributed by atoms with Gasteiger partial charge >= 0.3 is 0 Å². The molecule has 0 aliphatic carbocycles. The standard InChI is InChI=1S/C46H27N3O2S/c50-27-32-18-8-23-38-39-25-11-24-37(43(39)52-42(32)38)36-22-10-21-35-34-20-9-19-33(40(34)51-41(35)36)30-16-7-17-31(26-30)46-48-44(28-12-3-1-4-13-28)47-45(49-46)29-14-5-2-6-15-29/h1-27H. The first-order chi connectivity index (χ1) is 25.7. The zero-order valence-corrected chi connectivity index (χ0v) is 28.5. The third-order valence-electron chi connectivity index (χ3n) is 9.63. The van der Waals surface area contributed by atoms with E-state index in [0.717, 1.165) is 87.3 Å². The first kappa shape index (κ1) is 30.1. The van der Waals surface area contributed by atoms with E-state index >= 15 is 0 Å². The van der Waals surface area contributed by atoms with Crippen molar-refractivity contribution in [3.8, 4) is 56.4 Å². The maximum atomic E-state index is 11.9. The van der Waals surface area contributed by atoms with Crippen LogP contribution >= 0.6 is 11.3 Å². The molecule has 7 aromatic carbocycles. The molecule has 3 aromatic heterocycles. The van der Waals surface area contributed by atoms with Gasteiger partial charge in [0.1, 0.15) is 11.2 Å². The zero-order valence-electron chi connectivity index (χ0n) is 27.7. The second-order valence-corrected chi connectivity index (χ2v) is 13.7. The Morgan fingerprint density at radius 1 is 0.423 bits per heavy atom. The molecule has 5 nitrogen and oxygen atoms in total. The molecule has 0 amide bonds. The number of benzene rings is 7. The molecule has 244 valence electrons. The lowest BCUT2D eigenvalue weighted by atomic mass is 9.98. The highest BCUT2D eigenvalue weighted by Gasteiger charge is 2.19. The lowest BCUT2D eigenvalue weighted by Crippen LogP contribution is -2.00. The number of carbonyl (C=O) groups excluding carboxylic acids is 1. The minimum absolute atomic E-state index is 0.600. The fourth-order valence-corrected chi connectivity index (χ4v) is 8.47. The molecule has 3 heterocycles. The molecule has 0 saturated carbocycles. The van der Waals surface area contributed by atoms with Gasteiger partial charge in [-0.2, -0.15) is 0 Å². The largest absolute Gasteiger partial charge is 0.455 e. The van der Waals surface area contributed by atoms with Crippen molar-refractivity contribution in [2.75, 3.05) is 0 Å². The van der Waals surface area contributed by atoms with E-state index in [1.807, 2.05) is 84.9 Å². The van der Waals surface area contributed by atoms with E-state index in [9.17, 15) is 4.79 Å². The molecule has 0 unspecified atom stereocenters. The SMILES string of the molecule is O=Cc1cccc2c1sc1c(-c3cccc4c3oc3c(-c5cccc(-c6nc(-c7ccccc7)nc(-c7ccccc7)n6)c5)cccc34)cccc12. The molecule has 0 fully saturated rings. The number of nitrogens with zero attached hydrogens (tertiary/aromatic N) is 3. The van der Waals surface area contributed by atoms with Gasteiger partial charge in [-0.1, -0.05) is 152 Å². The summed E-state index contributed by atoms with van der Waals surface area (Å²) in [5.41, 5.74) is 9.19. The fourth-order valence-electron chi connectivity index (χ4n) is 7.17. The third kappa shape index (κ3) is 4.92. The molecule has 0 aliphatic heterocycles. The van der Waals surface area contributed by atoms with Crippen LogP contribution in [0.2, 0.25) is 0 Å². The van der Waals surface area contributed by atoms with Crippen LogP contribution in [0.4, 0.5) is 0 Å². The van der Waals surface area contributed by atoms with Crippen molar-refractivity contribution >= 4 is 59.7 Å². The summed E-state index contributed by atoms with van der Waals surface area (Å²) in [6.07, 6.45) is 0.944. The second-order valence-electron chi connectivity index (χ2n) is 12.7. The van der Waals surface area contributed by atoms with Gasteiger partial charge in [0.25, 0.3) is 0 Å². The normalized spacial score (nSPS) is 11.5. The van der Waals surface area contributed by atoms with Crippen LogP contribution in [-0.2, 0) is 0 Å². The van der Waals surface area contributed by atoms with Crippen LogP contribution in [0.5, 0.6) is 0 Å². The number of aromatic nitrogens is 3. The maximum absolute atomic E-state index is 11.9. The van der Waals surface area contributed by atoms with E-state index < -0.39 is 0 Å². The summed E-state index contributed by atoms with van der Waals surface area (Å²) >= 11 is 1.66. The van der Waals surface area contributed by atoms with E-state index in [0.29, 0.717) is 23.0 Å². The topological polar surface area (TPSA) is 68.9 Å². The average Bonchev–Trinajstić information content (AvgIpc) is 3.80. The molecular weight excluding hydrogens is 659 g/mol. The molecule has 6 heteroatoms. The molecule has 0 atom stereocenters. The smallest absolute Gasteiger partial charge is 0.164 e.